The van der Waals surface area contributed by atoms with Crippen LogP contribution in [0.1, 0.15) is 43.5 Å². The van der Waals surface area contributed by atoms with Gasteiger partial charge in [-0.05, 0) is 55.0 Å². The van der Waals surface area contributed by atoms with Gasteiger partial charge in [0.1, 0.15) is 5.75 Å². The highest BCUT2D eigenvalue weighted by Crippen LogP contribution is 2.26. The zero-order chi connectivity index (χ0) is 23.6. The maximum absolute atomic E-state index is 12.6. The molecule has 2 aromatic carbocycles. The molecule has 0 atom stereocenters. The molecule has 0 saturated carbocycles. The Morgan fingerprint density at radius 2 is 1.70 bits per heavy atom. The van der Waals surface area contributed by atoms with Gasteiger partial charge in [0.2, 0.25) is 5.91 Å². The average Bonchev–Trinajstić information content (AvgIpc) is 2.84. The molecule has 0 aromatic heterocycles. The number of carbonyl (C=O) groups excluding carboxylic acids is 2. The number of hydrogen-bond acceptors (Lipinski definition) is 5. The first-order chi connectivity index (χ1) is 16.0. The Morgan fingerprint density at radius 1 is 1.00 bits per heavy atom. The Hall–Kier alpha value is -3.13. The van der Waals surface area contributed by atoms with Gasteiger partial charge >= 0.3 is 0 Å². The van der Waals surface area contributed by atoms with Crippen LogP contribution in [0.5, 0.6) is 5.75 Å². The summed E-state index contributed by atoms with van der Waals surface area (Å²) in [7, 11) is 0. The number of carbonyl (C=O) groups is 2. The first-order valence-electron chi connectivity index (χ1n) is 11.5. The molecule has 0 radical (unpaired) electrons. The van der Waals surface area contributed by atoms with E-state index >= 15 is 0 Å². The molecular weight excluding hydrogens is 436 g/mol. The van der Waals surface area contributed by atoms with Crippen LogP contribution in [0.15, 0.2) is 48.5 Å². The third-order valence-corrected chi connectivity index (χ3v) is 5.74. The Labute approximate surface area is 201 Å². The van der Waals surface area contributed by atoms with Crippen LogP contribution in [0, 0.1) is 0 Å². The molecule has 176 valence electrons. The first-order valence-corrected chi connectivity index (χ1v) is 11.9. The fourth-order valence-corrected chi connectivity index (χ4v) is 3.84. The average molecular weight is 469 g/mol. The zero-order valence-electron chi connectivity index (χ0n) is 19.3. The topological polar surface area (TPSA) is 73.9 Å². The smallest absolute Gasteiger partial charge is 0.257 e. The highest BCUT2D eigenvalue weighted by atomic mass is 32.1. The molecule has 0 aliphatic carbocycles. The monoisotopic (exact) mass is 468 g/mol. The number of piperazine rings is 1. The van der Waals surface area contributed by atoms with Gasteiger partial charge in [-0.2, -0.15) is 0 Å². The van der Waals surface area contributed by atoms with E-state index < -0.39 is 0 Å². The molecule has 0 bridgehead atoms. The van der Waals surface area contributed by atoms with Crippen molar-refractivity contribution >= 4 is 40.5 Å². The van der Waals surface area contributed by atoms with E-state index in [1.165, 1.54) is 0 Å². The number of benzene rings is 2. The van der Waals surface area contributed by atoms with Gasteiger partial charge in [-0.3, -0.25) is 14.9 Å². The van der Waals surface area contributed by atoms with E-state index in [0.29, 0.717) is 31.7 Å². The quantitative estimate of drug-likeness (QED) is 0.450. The second-order valence-corrected chi connectivity index (χ2v) is 8.28. The molecule has 0 spiro atoms. The molecule has 1 fully saturated rings. The lowest BCUT2D eigenvalue weighted by atomic mass is 10.2. The number of hydrogen-bond donors (Lipinski definition) is 2. The van der Waals surface area contributed by atoms with Gasteiger partial charge in [0.25, 0.3) is 5.91 Å². The number of anilines is 2. The Morgan fingerprint density at radius 3 is 2.36 bits per heavy atom. The second kappa shape index (κ2) is 12.2. The van der Waals surface area contributed by atoms with Crippen molar-refractivity contribution in [2.24, 2.45) is 0 Å². The van der Waals surface area contributed by atoms with Gasteiger partial charge in [0, 0.05) is 38.2 Å². The number of unbranched alkanes of at least 4 members (excludes halogenated alkanes) is 1. The van der Waals surface area contributed by atoms with Crippen molar-refractivity contribution in [2.75, 3.05) is 43.0 Å². The molecule has 1 heterocycles. The molecule has 0 unspecified atom stereocenters. The van der Waals surface area contributed by atoms with Crippen molar-refractivity contribution < 1.29 is 14.3 Å². The zero-order valence-corrected chi connectivity index (χ0v) is 20.1. The van der Waals surface area contributed by atoms with Crippen LogP contribution < -0.4 is 20.3 Å². The van der Waals surface area contributed by atoms with Crippen LogP contribution in [0.3, 0.4) is 0 Å². The summed E-state index contributed by atoms with van der Waals surface area (Å²) >= 11 is 5.40. The molecule has 3 rings (SSSR count). The van der Waals surface area contributed by atoms with E-state index in [4.69, 9.17) is 17.0 Å². The minimum absolute atomic E-state index is 0.186. The molecule has 1 aliphatic rings. The van der Waals surface area contributed by atoms with Crippen LogP contribution in [-0.2, 0) is 4.79 Å². The van der Waals surface area contributed by atoms with Crippen LogP contribution in [0.4, 0.5) is 11.4 Å². The van der Waals surface area contributed by atoms with E-state index in [9.17, 15) is 9.59 Å². The van der Waals surface area contributed by atoms with Crippen molar-refractivity contribution in [2.45, 2.75) is 33.1 Å². The van der Waals surface area contributed by atoms with Crippen LogP contribution >= 0.6 is 12.2 Å². The normalized spacial score (nSPS) is 13.4. The SMILES string of the molecule is CCCCOc1ccc(C(=O)NC(=S)Nc2ccccc2N2CCN(C(=O)CC)CC2)cc1. The molecule has 8 heteroatoms. The van der Waals surface area contributed by atoms with E-state index in [-0.39, 0.29) is 16.9 Å². The number of thiocarbonyl (C=S) groups is 1. The molecule has 2 aromatic rings. The molecule has 7 nitrogen and oxygen atoms in total. The van der Waals surface area contributed by atoms with Crippen molar-refractivity contribution in [3.63, 3.8) is 0 Å². The Bertz CT molecular complexity index is 956. The van der Waals surface area contributed by atoms with Gasteiger partial charge in [-0.1, -0.05) is 32.4 Å². The molecule has 2 N–H and O–H groups in total. The van der Waals surface area contributed by atoms with Crippen LogP contribution in [0.25, 0.3) is 0 Å². The maximum Gasteiger partial charge on any atom is 0.257 e. The van der Waals surface area contributed by atoms with E-state index in [2.05, 4.69) is 22.5 Å². The largest absolute Gasteiger partial charge is 0.494 e. The number of amides is 2. The van der Waals surface area contributed by atoms with Crippen molar-refractivity contribution in [3.05, 3.63) is 54.1 Å². The summed E-state index contributed by atoms with van der Waals surface area (Å²) in [5.74, 6) is 0.651. The van der Waals surface area contributed by atoms with Crippen molar-refractivity contribution in [3.8, 4) is 5.75 Å². The summed E-state index contributed by atoms with van der Waals surface area (Å²) in [6.07, 6.45) is 2.60. The van der Waals surface area contributed by atoms with Crippen molar-refractivity contribution in [1.29, 1.82) is 0 Å². The lowest BCUT2D eigenvalue weighted by molar-refractivity contribution is -0.131. The number of nitrogens with zero attached hydrogens (tertiary/aromatic N) is 2. The third-order valence-electron chi connectivity index (χ3n) is 5.54. The third kappa shape index (κ3) is 6.92. The highest BCUT2D eigenvalue weighted by Gasteiger charge is 2.22. The Balaban J connectivity index is 1.56. The van der Waals surface area contributed by atoms with E-state index in [0.717, 1.165) is 43.1 Å². The lowest BCUT2D eigenvalue weighted by Crippen LogP contribution is -2.48. The fourth-order valence-electron chi connectivity index (χ4n) is 3.64. The minimum Gasteiger partial charge on any atom is -0.494 e. The predicted molar refractivity (Wildman–Crippen MR) is 136 cm³/mol. The van der Waals surface area contributed by atoms with Gasteiger partial charge in [0.05, 0.1) is 18.0 Å². The second-order valence-electron chi connectivity index (χ2n) is 7.87. The van der Waals surface area contributed by atoms with Gasteiger partial charge in [-0.15, -0.1) is 0 Å². The van der Waals surface area contributed by atoms with Gasteiger partial charge in [0.15, 0.2) is 5.11 Å². The number of para-hydroxylation sites is 2. The van der Waals surface area contributed by atoms with Gasteiger partial charge in [-0.25, -0.2) is 0 Å². The van der Waals surface area contributed by atoms with E-state index in [1.54, 1.807) is 24.3 Å². The summed E-state index contributed by atoms with van der Waals surface area (Å²) in [5, 5.41) is 6.13. The molecule has 2 amide bonds. The predicted octanol–water partition coefficient (Wildman–Crippen LogP) is 4.05. The molecule has 1 aliphatic heterocycles. The summed E-state index contributed by atoms with van der Waals surface area (Å²) < 4.78 is 5.64. The highest BCUT2D eigenvalue weighted by molar-refractivity contribution is 7.80. The molecule has 33 heavy (non-hydrogen) atoms. The summed E-state index contributed by atoms with van der Waals surface area (Å²) in [6, 6.07) is 14.9. The lowest BCUT2D eigenvalue weighted by Gasteiger charge is -2.37. The van der Waals surface area contributed by atoms with Gasteiger partial charge < -0.3 is 19.9 Å². The van der Waals surface area contributed by atoms with Crippen molar-refractivity contribution in [1.82, 2.24) is 10.2 Å². The fraction of sp³-hybridized carbons (Fsp3) is 0.400. The van der Waals surface area contributed by atoms with E-state index in [1.807, 2.05) is 36.1 Å². The number of nitrogens with one attached hydrogen (secondary N) is 2. The van der Waals surface area contributed by atoms with Crippen LogP contribution in [-0.4, -0.2) is 54.6 Å². The standard InChI is InChI=1S/C25H32N4O3S/c1-3-5-18-32-20-12-10-19(11-13-20)24(31)27-25(33)26-21-8-6-7-9-22(21)28-14-16-29(17-15-28)23(30)4-2/h6-13H,3-5,14-18H2,1-2H3,(H2,26,27,31,33). The van der Waals surface area contributed by atoms with Crippen LogP contribution in [0.2, 0.25) is 0 Å². The Kier molecular flexibility index (Phi) is 9.06. The summed E-state index contributed by atoms with van der Waals surface area (Å²) in [4.78, 5) is 28.7. The molecular formula is C25H32N4O3S. The summed E-state index contributed by atoms with van der Waals surface area (Å²) in [6.45, 7) is 7.55. The molecule has 1 saturated heterocycles. The minimum atomic E-state index is -0.281. The number of ether oxygens (including phenoxy) is 1. The maximum atomic E-state index is 12.6. The summed E-state index contributed by atoms with van der Waals surface area (Å²) in [5.41, 5.74) is 2.32. The first kappa shape index (κ1) is 24.5. The number of rotatable bonds is 8.